The molecule has 0 aliphatic carbocycles. The van der Waals surface area contributed by atoms with Crippen molar-refractivity contribution in [3.05, 3.63) is 94.9 Å². The molecule has 0 radical (unpaired) electrons. The van der Waals surface area contributed by atoms with Crippen molar-refractivity contribution in [1.82, 2.24) is 9.78 Å². The number of aromatic nitrogens is 2. The average molecular weight is 399 g/mol. The molecule has 6 nitrogen and oxygen atoms in total. The number of amides is 1. The van der Waals surface area contributed by atoms with E-state index in [-0.39, 0.29) is 18.0 Å². The maximum atomic E-state index is 12.8. The second-order valence-electron chi connectivity index (χ2n) is 6.96. The third-order valence-corrected chi connectivity index (χ3v) is 4.91. The first kappa shape index (κ1) is 19.4. The van der Waals surface area contributed by atoms with E-state index in [1.54, 1.807) is 43.4 Å². The van der Waals surface area contributed by atoms with E-state index < -0.39 is 0 Å². The van der Waals surface area contributed by atoms with E-state index in [2.05, 4.69) is 5.10 Å². The summed E-state index contributed by atoms with van der Waals surface area (Å²) >= 11 is 0. The molecule has 1 amide bonds. The molecule has 0 fully saturated rings. The topological polar surface area (TPSA) is 64.4 Å². The van der Waals surface area contributed by atoms with E-state index in [1.807, 2.05) is 49.4 Å². The van der Waals surface area contributed by atoms with Crippen LogP contribution in [0.3, 0.4) is 0 Å². The average Bonchev–Trinajstić information content (AvgIpc) is 2.78. The van der Waals surface area contributed by atoms with Crippen molar-refractivity contribution in [3.63, 3.8) is 0 Å². The van der Waals surface area contributed by atoms with Crippen LogP contribution in [0, 0.1) is 6.92 Å². The molecular formula is C24H21N3O3. The van der Waals surface area contributed by atoms with E-state index in [0.29, 0.717) is 22.5 Å². The van der Waals surface area contributed by atoms with Gasteiger partial charge in [0.15, 0.2) is 0 Å². The van der Waals surface area contributed by atoms with Gasteiger partial charge in [-0.15, -0.1) is 0 Å². The minimum absolute atomic E-state index is 0.136. The second-order valence-corrected chi connectivity index (χ2v) is 6.96. The van der Waals surface area contributed by atoms with Crippen molar-refractivity contribution >= 4 is 22.4 Å². The fourth-order valence-corrected chi connectivity index (χ4v) is 3.25. The van der Waals surface area contributed by atoms with Crippen molar-refractivity contribution < 1.29 is 9.53 Å². The Kier molecular flexibility index (Phi) is 5.30. The van der Waals surface area contributed by atoms with Crippen LogP contribution in [-0.4, -0.2) is 22.7 Å². The zero-order valence-electron chi connectivity index (χ0n) is 16.8. The minimum atomic E-state index is -0.274. The van der Waals surface area contributed by atoms with Gasteiger partial charge in [-0.1, -0.05) is 36.4 Å². The molecule has 0 aliphatic heterocycles. The molecule has 0 bridgehead atoms. The molecular weight excluding hydrogens is 378 g/mol. The first-order valence-corrected chi connectivity index (χ1v) is 9.59. The first-order valence-electron chi connectivity index (χ1n) is 9.59. The number of para-hydroxylation sites is 1. The van der Waals surface area contributed by atoms with Crippen LogP contribution in [0.5, 0.6) is 11.5 Å². The fraction of sp³-hybridized carbons (Fsp3) is 0.125. The van der Waals surface area contributed by atoms with Gasteiger partial charge in [0.2, 0.25) is 5.91 Å². The van der Waals surface area contributed by atoms with E-state index in [1.165, 1.54) is 9.58 Å². The van der Waals surface area contributed by atoms with Gasteiger partial charge in [0.05, 0.1) is 11.1 Å². The SMILES string of the molecule is Cc1nn(CC(=O)N(C)c2ccc(Oc3ccccc3)cc2)c(=O)c2ccccc12. The number of hydrogen-bond acceptors (Lipinski definition) is 4. The van der Waals surface area contributed by atoms with Crippen molar-refractivity contribution in [2.75, 3.05) is 11.9 Å². The summed E-state index contributed by atoms with van der Waals surface area (Å²) in [6.07, 6.45) is 0. The van der Waals surface area contributed by atoms with Gasteiger partial charge in [-0.2, -0.15) is 5.10 Å². The highest BCUT2D eigenvalue weighted by Gasteiger charge is 2.15. The summed E-state index contributed by atoms with van der Waals surface area (Å²) in [5, 5.41) is 5.67. The van der Waals surface area contributed by atoms with Crippen LogP contribution in [0.2, 0.25) is 0 Å². The fourth-order valence-electron chi connectivity index (χ4n) is 3.25. The minimum Gasteiger partial charge on any atom is -0.457 e. The Bertz CT molecular complexity index is 1250. The highest BCUT2D eigenvalue weighted by Crippen LogP contribution is 2.24. The summed E-state index contributed by atoms with van der Waals surface area (Å²) in [7, 11) is 1.67. The summed E-state index contributed by atoms with van der Waals surface area (Å²) < 4.78 is 7.01. The van der Waals surface area contributed by atoms with E-state index in [9.17, 15) is 9.59 Å². The van der Waals surface area contributed by atoms with Crippen LogP contribution in [0.15, 0.2) is 83.7 Å². The molecule has 4 aromatic rings. The molecule has 0 saturated heterocycles. The summed E-state index contributed by atoms with van der Waals surface area (Å²) in [4.78, 5) is 27.0. The standard InChI is InChI=1S/C24H21N3O3/c1-17-21-10-6-7-11-22(21)24(29)27(25-17)16-23(28)26(2)18-12-14-20(15-13-18)30-19-8-4-3-5-9-19/h3-15H,16H2,1-2H3. The lowest BCUT2D eigenvalue weighted by atomic mass is 10.1. The lowest BCUT2D eigenvalue weighted by Crippen LogP contribution is -2.35. The Morgan fingerprint density at radius 1 is 0.900 bits per heavy atom. The maximum Gasteiger partial charge on any atom is 0.275 e. The lowest BCUT2D eigenvalue weighted by molar-refractivity contribution is -0.119. The lowest BCUT2D eigenvalue weighted by Gasteiger charge is -2.18. The number of carbonyl (C=O) groups is 1. The summed E-state index contributed by atoms with van der Waals surface area (Å²) in [6.45, 7) is 1.70. The quantitative estimate of drug-likeness (QED) is 0.505. The molecule has 0 spiro atoms. The molecule has 1 aromatic heterocycles. The van der Waals surface area contributed by atoms with E-state index in [0.717, 1.165) is 11.1 Å². The third kappa shape index (κ3) is 3.93. The molecule has 0 atom stereocenters. The number of fused-ring (bicyclic) bond motifs is 1. The number of nitrogens with zero attached hydrogens (tertiary/aromatic N) is 3. The zero-order chi connectivity index (χ0) is 21.1. The summed E-state index contributed by atoms with van der Waals surface area (Å²) in [5.41, 5.74) is 1.14. The number of ether oxygens (including phenoxy) is 1. The number of anilines is 1. The molecule has 0 saturated carbocycles. The van der Waals surface area contributed by atoms with Crippen molar-refractivity contribution in [2.24, 2.45) is 0 Å². The number of carbonyl (C=O) groups excluding carboxylic acids is 1. The first-order chi connectivity index (χ1) is 14.5. The van der Waals surface area contributed by atoms with Crippen molar-refractivity contribution in [3.8, 4) is 11.5 Å². The van der Waals surface area contributed by atoms with Gasteiger partial charge in [0.25, 0.3) is 5.56 Å². The molecule has 0 aliphatic rings. The number of benzene rings is 3. The molecule has 0 unspecified atom stereocenters. The molecule has 30 heavy (non-hydrogen) atoms. The van der Waals surface area contributed by atoms with Crippen LogP contribution in [-0.2, 0) is 11.3 Å². The van der Waals surface area contributed by atoms with Crippen LogP contribution in [0.4, 0.5) is 5.69 Å². The Morgan fingerprint density at radius 3 is 2.20 bits per heavy atom. The Hall–Kier alpha value is -3.93. The molecule has 1 heterocycles. The van der Waals surface area contributed by atoms with Gasteiger partial charge < -0.3 is 9.64 Å². The number of likely N-dealkylation sites (N-methyl/N-ethyl adjacent to an activating group) is 1. The number of aryl methyl sites for hydroxylation is 1. The molecule has 150 valence electrons. The van der Waals surface area contributed by atoms with Gasteiger partial charge in [-0.05, 0) is 49.4 Å². The monoisotopic (exact) mass is 399 g/mol. The van der Waals surface area contributed by atoms with Crippen molar-refractivity contribution in [1.29, 1.82) is 0 Å². The normalized spacial score (nSPS) is 10.7. The van der Waals surface area contributed by atoms with Crippen LogP contribution >= 0.6 is 0 Å². The zero-order valence-corrected chi connectivity index (χ0v) is 16.8. The third-order valence-electron chi connectivity index (χ3n) is 4.91. The van der Waals surface area contributed by atoms with Gasteiger partial charge in [-0.3, -0.25) is 9.59 Å². The summed E-state index contributed by atoms with van der Waals surface area (Å²) in [5.74, 6) is 1.18. The number of rotatable bonds is 5. The van der Waals surface area contributed by atoms with Crippen LogP contribution < -0.4 is 15.2 Å². The van der Waals surface area contributed by atoms with Crippen LogP contribution in [0.25, 0.3) is 10.8 Å². The second kappa shape index (κ2) is 8.21. The van der Waals surface area contributed by atoms with E-state index in [4.69, 9.17) is 4.74 Å². The van der Waals surface area contributed by atoms with E-state index >= 15 is 0 Å². The van der Waals surface area contributed by atoms with Crippen molar-refractivity contribution in [2.45, 2.75) is 13.5 Å². The Labute approximate surface area is 174 Å². The largest absolute Gasteiger partial charge is 0.457 e. The Balaban J connectivity index is 1.51. The molecule has 4 rings (SSSR count). The smallest absolute Gasteiger partial charge is 0.275 e. The molecule has 3 aromatic carbocycles. The Morgan fingerprint density at radius 2 is 1.50 bits per heavy atom. The van der Waals surface area contributed by atoms with Gasteiger partial charge >= 0.3 is 0 Å². The predicted molar refractivity (Wildman–Crippen MR) is 117 cm³/mol. The predicted octanol–water partition coefficient (Wildman–Crippen LogP) is 4.16. The van der Waals surface area contributed by atoms with Gasteiger partial charge in [-0.25, -0.2) is 4.68 Å². The molecule has 0 N–H and O–H groups in total. The highest BCUT2D eigenvalue weighted by atomic mass is 16.5. The van der Waals surface area contributed by atoms with Gasteiger partial charge in [0, 0.05) is 18.1 Å². The highest BCUT2D eigenvalue weighted by molar-refractivity contribution is 5.93. The van der Waals surface area contributed by atoms with Gasteiger partial charge in [0.1, 0.15) is 18.0 Å². The summed E-state index contributed by atoms with van der Waals surface area (Å²) in [6, 6.07) is 24.0. The maximum absolute atomic E-state index is 12.8. The molecule has 6 heteroatoms. The van der Waals surface area contributed by atoms with Crippen LogP contribution in [0.1, 0.15) is 5.69 Å². The number of hydrogen-bond donors (Lipinski definition) is 0.